The summed E-state index contributed by atoms with van der Waals surface area (Å²) >= 11 is 1.46. The SMILES string of the molecule is CCN(C(=O)C(C)Sc1nc2ccccc2c(=O)n1C1CCCC1)C1CCCCC1. The molecular weight excluding hydrogens is 394 g/mol. The summed E-state index contributed by atoms with van der Waals surface area (Å²) in [5, 5.41) is 1.11. The highest BCUT2D eigenvalue weighted by molar-refractivity contribution is 8.00. The smallest absolute Gasteiger partial charge is 0.262 e. The van der Waals surface area contributed by atoms with E-state index in [4.69, 9.17) is 4.98 Å². The summed E-state index contributed by atoms with van der Waals surface area (Å²) in [5.74, 6) is 0.176. The Hall–Kier alpha value is -1.82. The van der Waals surface area contributed by atoms with Gasteiger partial charge in [-0.3, -0.25) is 14.2 Å². The molecule has 1 amide bonds. The van der Waals surface area contributed by atoms with E-state index in [1.165, 1.54) is 31.0 Å². The van der Waals surface area contributed by atoms with Crippen molar-refractivity contribution < 1.29 is 4.79 Å². The Bertz CT molecular complexity index is 945. The fourth-order valence-electron chi connectivity index (χ4n) is 5.12. The van der Waals surface area contributed by atoms with Crippen molar-refractivity contribution in [1.82, 2.24) is 14.5 Å². The van der Waals surface area contributed by atoms with Crippen molar-refractivity contribution in [2.45, 2.75) is 94.1 Å². The maximum absolute atomic E-state index is 13.3. The maximum Gasteiger partial charge on any atom is 0.262 e. The predicted molar refractivity (Wildman–Crippen MR) is 123 cm³/mol. The molecule has 0 radical (unpaired) electrons. The standard InChI is InChI=1S/C24H33N3O2S/c1-3-26(18-11-5-4-6-12-18)22(28)17(2)30-24-25-21-16-10-9-15-20(21)23(29)27(24)19-13-7-8-14-19/h9-10,15-19H,3-8,11-14H2,1-2H3. The van der Waals surface area contributed by atoms with Gasteiger partial charge in [0.15, 0.2) is 5.16 Å². The number of carbonyl (C=O) groups excluding carboxylic acids is 1. The molecule has 0 spiro atoms. The van der Waals surface area contributed by atoms with Gasteiger partial charge in [0.25, 0.3) is 5.56 Å². The number of aromatic nitrogens is 2. The molecule has 2 fully saturated rings. The van der Waals surface area contributed by atoms with Crippen molar-refractivity contribution in [1.29, 1.82) is 0 Å². The third-order valence-electron chi connectivity index (χ3n) is 6.73. The number of hydrogen-bond donors (Lipinski definition) is 0. The molecule has 162 valence electrons. The molecule has 4 rings (SSSR count). The van der Waals surface area contributed by atoms with Gasteiger partial charge in [-0.05, 0) is 51.7 Å². The van der Waals surface area contributed by atoms with Crippen LogP contribution in [0.4, 0.5) is 0 Å². The highest BCUT2D eigenvalue weighted by Gasteiger charge is 2.30. The number of hydrogen-bond acceptors (Lipinski definition) is 4. The Morgan fingerprint density at radius 2 is 1.80 bits per heavy atom. The molecule has 6 heteroatoms. The van der Waals surface area contributed by atoms with Crippen LogP contribution in [0.15, 0.2) is 34.2 Å². The van der Waals surface area contributed by atoms with Crippen LogP contribution >= 0.6 is 11.8 Å². The van der Waals surface area contributed by atoms with E-state index < -0.39 is 0 Å². The minimum absolute atomic E-state index is 0.0364. The van der Waals surface area contributed by atoms with Crippen LogP contribution in [0.3, 0.4) is 0 Å². The molecule has 1 atom stereocenters. The average molecular weight is 428 g/mol. The average Bonchev–Trinajstić information content (AvgIpc) is 3.29. The lowest BCUT2D eigenvalue weighted by atomic mass is 9.94. The molecule has 5 nitrogen and oxygen atoms in total. The van der Waals surface area contributed by atoms with E-state index in [-0.39, 0.29) is 22.8 Å². The minimum Gasteiger partial charge on any atom is -0.339 e. The Balaban J connectivity index is 1.64. The molecule has 0 N–H and O–H groups in total. The predicted octanol–water partition coefficient (Wildman–Crippen LogP) is 5.17. The Kier molecular flexibility index (Phi) is 6.81. The quantitative estimate of drug-likeness (QED) is 0.471. The van der Waals surface area contributed by atoms with Crippen LogP contribution in [0.5, 0.6) is 0 Å². The van der Waals surface area contributed by atoms with Crippen LogP contribution in [0, 0.1) is 0 Å². The second kappa shape index (κ2) is 9.54. The number of carbonyl (C=O) groups is 1. The molecular formula is C24H33N3O2S. The van der Waals surface area contributed by atoms with Crippen molar-refractivity contribution in [2.24, 2.45) is 0 Å². The molecule has 1 aromatic carbocycles. The zero-order valence-electron chi connectivity index (χ0n) is 18.2. The number of amides is 1. The van der Waals surface area contributed by atoms with Gasteiger partial charge in [-0.25, -0.2) is 4.98 Å². The summed E-state index contributed by atoms with van der Waals surface area (Å²) in [6, 6.07) is 8.13. The lowest BCUT2D eigenvalue weighted by molar-refractivity contribution is -0.133. The second-order valence-corrected chi connectivity index (χ2v) is 10.0. The second-order valence-electron chi connectivity index (χ2n) is 8.70. The van der Waals surface area contributed by atoms with Gasteiger partial charge in [-0.15, -0.1) is 0 Å². The molecule has 2 aliphatic rings. The number of thioether (sulfide) groups is 1. The Morgan fingerprint density at radius 1 is 1.13 bits per heavy atom. The number of benzene rings is 1. The van der Waals surface area contributed by atoms with Gasteiger partial charge in [0.2, 0.25) is 5.91 Å². The monoisotopic (exact) mass is 427 g/mol. The number of para-hydroxylation sites is 1. The first kappa shape index (κ1) is 21.4. The van der Waals surface area contributed by atoms with Gasteiger partial charge >= 0.3 is 0 Å². The fourth-order valence-corrected chi connectivity index (χ4v) is 6.17. The number of rotatable bonds is 6. The summed E-state index contributed by atoms with van der Waals surface area (Å²) < 4.78 is 1.89. The first-order valence-electron chi connectivity index (χ1n) is 11.6. The lowest BCUT2D eigenvalue weighted by Crippen LogP contribution is -2.44. The van der Waals surface area contributed by atoms with Gasteiger partial charge in [0.05, 0.1) is 16.2 Å². The van der Waals surface area contributed by atoms with E-state index >= 15 is 0 Å². The zero-order valence-corrected chi connectivity index (χ0v) is 19.0. The van der Waals surface area contributed by atoms with Crippen molar-refractivity contribution in [3.63, 3.8) is 0 Å². The Labute approximate surface area is 183 Å². The lowest BCUT2D eigenvalue weighted by Gasteiger charge is -2.35. The molecule has 0 bridgehead atoms. The third-order valence-corrected chi connectivity index (χ3v) is 7.79. The molecule has 1 unspecified atom stereocenters. The summed E-state index contributed by atoms with van der Waals surface area (Å²) in [7, 11) is 0. The minimum atomic E-state index is -0.257. The third kappa shape index (κ3) is 4.29. The highest BCUT2D eigenvalue weighted by atomic mass is 32.2. The molecule has 1 heterocycles. The van der Waals surface area contributed by atoms with Crippen LogP contribution in [-0.4, -0.2) is 38.2 Å². The molecule has 2 aromatic rings. The van der Waals surface area contributed by atoms with E-state index in [1.54, 1.807) is 0 Å². The molecule has 30 heavy (non-hydrogen) atoms. The number of nitrogens with zero attached hydrogens (tertiary/aromatic N) is 3. The van der Waals surface area contributed by atoms with Gasteiger partial charge in [0, 0.05) is 18.6 Å². The van der Waals surface area contributed by atoms with Gasteiger partial charge < -0.3 is 4.90 Å². The summed E-state index contributed by atoms with van der Waals surface area (Å²) in [6.07, 6.45) is 10.2. The molecule has 0 aliphatic heterocycles. The summed E-state index contributed by atoms with van der Waals surface area (Å²) in [4.78, 5) is 33.6. The summed E-state index contributed by atoms with van der Waals surface area (Å²) in [6.45, 7) is 4.79. The van der Waals surface area contributed by atoms with Crippen LogP contribution in [0.2, 0.25) is 0 Å². The topological polar surface area (TPSA) is 55.2 Å². The largest absolute Gasteiger partial charge is 0.339 e. The van der Waals surface area contributed by atoms with Crippen LogP contribution in [-0.2, 0) is 4.79 Å². The first-order chi connectivity index (χ1) is 14.6. The van der Waals surface area contributed by atoms with E-state index in [0.29, 0.717) is 16.6 Å². The van der Waals surface area contributed by atoms with Gasteiger partial charge in [-0.1, -0.05) is 56.0 Å². The van der Waals surface area contributed by atoms with Crippen molar-refractivity contribution in [3.05, 3.63) is 34.6 Å². The maximum atomic E-state index is 13.3. The van der Waals surface area contributed by atoms with Crippen molar-refractivity contribution in [2.75, 3.05) is 6.54 Å². The van der Waals surface area contributed by atoms with E-state index in [9.17, 15) is 9.59 Å². The van der Waals surface area contributed by atoms with Gasteiger partial charge in [-0.2, -0.15) is 0 Å². The van der Waals surface area contributed by atoms with E-state index in [1.807, 2.05) is 35.8 Å². The van der Waals surface area contributed by atoms with E-state index in [0.717, 1.165) is 50.6 Å². The zero-order chi connectivity index (χ0) is 21.1. The molecule has 1 aromatic heterocycles. The molecule has 2 aliphatic carbocycles. The van der Waals surface area contributed by atoms with Crippen LogP contribution in [0.25, 0.3) is 10.9 Å². The summed E-state index contributed by atoms with van der Waals surface area (Å²) in [5.41, 5.74) is 0.757. The van der Waals surface area contributed by atoms with Crippen molar-refractivity contribution in [3.8, 4) is 0 Å². The fraction of sp³-hybridized carbons (Fsp3) is 0.625. The normalized spacial score (nSPS) is 19.3. The van der Waals surface area contributed by atoms with Crippen molar-refractivity contribution >= 4 is 28.6 Å². The van der Waals surface area contributed by atoms with Crippen LogP contribution < -0.4 is 5.56 Å². The van der Waals surface area contributed by atoms with Gasteiger partial charge in [0.1, 0.15) is 0 Å². The Morgan fingerprint density at radius 3 is 2.50 bits per heavy atom. The highest BCUT2D eigenvalue weighted by Crippen LogP contribution is 2.34. The molecule has 2 saturated carbocycles. The first-order valence-corrected chi connectivity index (χ1v) is 12.5. The van der Waals surface area contributed by atoms with Crippen LogP contribution in [0.1, 0.15) is 77.7 Å². The molecule has 0 saturated heterocycles. The number of fused-ring (bicyclic) bond motifs is 1. The van der Waals surface area contributed by atoms with E-state index in [2.05, 4.69) is 11.8 Å².